The van der Waals surface area contributed by atoms with E-state index in [-0.39, 0.29) is 6.10 Å². The molecule has 0 saturated heterocycles. The molecule has 0 amide bonds. The molecule has 0 heterocycles. The Kier molecular flexibility index (Phi) is 3.26. The van der Waals surface area contributed by atoms with Crippen molar-refractivity contribution in [2.75, 3.05) is 0 Å². The van der Waals surface area contributed by atoms with Crippen LogP contribution in [0, 0.1) is 34.5 Å². The van der Waals surface area contributed by atoms with E-state index >= 15 is 0 Å². The largest absolute Gasteiger partial charge is 0.393 e. The number of nitrogens with zero attached hydrogens (tertiary/aromatic N) is 1. The van der Waals surface area contributed by atoms with Gasteiger partial charge in [0.2, 0.25) is 0 Å². The standard InChI is InChI=1S/C14H23NO/c1-10(7-9-15)11-5-6-12-13(16)4-3-8-14(11,12)2/h10-13,16H,3-8H2,1-2H3/t10-,11-,12?,13+,14-/m0/s1. The van der Waals surface area contributed by atoms with Gasteiger partial charge in [0.05, 0.1) is 12.2 Å². The van der Waals surface area contributed by atoms with Crippen molar-refractivity contribution < 1.29 is 5.11 Å². The first kappa shape index (κ1) is 11.9. The highest BCUT2D eigenvalue weighted by Crippen LogP contribution is 2.57. The quantitative estimate of drug-likeness (QED) is 0.778. The first-order valence-corrected chi connectivity index (χ1v) is 6.64. The third-order valence-corrected chi connectivity index (χ3v) is 5.26. The molecule has 2 saturated carbocycles. The molecule has 0 aromatic heterocycles. The summed E-state index contributed by atoms with van der Waals surface area (Å²) in [5.74, 6) is 1.63. The fourth-order valence-corrected chi connectivity index (χ4v) is 4.41. The Hall–Kier alpha value is -0.550. The van der Waals surface area contributed by atoms with Crippen LogP contribution in [0.15, 0.2) is 0 Å². The second kappa shape index (κ2) is 4.37. The van der Waals surface area contributed by atoms with E-state index in [4.69, 9.17) is 5.26 Å². The summed E-state index contributed by atoms with van der Waals surface area (Å²) in [5.41, 5.74) is 0.300. The van der Waals surface area contributed by atoms with Crippen LogP contribution in [0.1, 0.15) is 52.4 Å². The highest BCUT2D eigenvalue weighted by atomic mass is 16.3. The first-order chi connectivity index (χ1) is 7.59. The van der Waals surface area contributed by atoms with Crippen LogP contribution in [0.25, 0.3) is 0 Å². The van der Waals surface area contributed by atoms with Gasteiger partial charge in [-0.1, -0.05) is 20.3 Å². The van der Waals surface area contributed by atoms with Crippen molar-refractivity contribution in [3.63, 3.8) is 0 Å². The van der Waals surface area contributed by atoms with Crippen LogP contribution in [-0.2, 0) is 0 Å². The molecule has 1 unspecified atom stereocenters. The number of aliphatic hydroxyl groups is 1. The molecule has 5 atom stereocenters. The van der Waals surface area contributed by atoms with Gasteiger partial charge in [-0.2, -0.15) is 5.26 Å². The zero-order chi connectivity index (χ0) is 11.8. The maximum absolute atomic E-state index is 10.1. The van der Waals surface area contributed by atoms with E-state index in [2.05, 4.69) is 19.9 Å². The molecule has 2 heteroatoms. The molecule has 2 aliphatic carbocycles. The second-order valence-electron chi connectivity index (χ2n) is 6.10. The Morgan fingerprint density at radius 2 is 2.19 bits per heavy atom. The predicted molar refractivity (Wildman–Crippen MR) is 63.6 cm³/mol. The van der Waals surface area contributed by atoms with Crippen LogP contribution in [0.2, 0.25) is 0 Å². The number of rotatable bonds is 2. The van der Waals surface area contributed by atoms with Crippen molar-refractivity contribution in [2.24, 2.45) is 23.2 Å². The summed E-state index contributed by atoms with van der Waals surface area (Å²) in [6.07, 6.45) is 6.35. The summed E-state index contributed by atoms with van der Waals surface area (Å²) in [7, 11) is 0. The lowest BCUT2D eigenvalue weighted by molar-refractivity contribution is -0.0264. The van der Waals surface area contributed by atoms with E-state index < -0.39 is 0 Å². The van der Waals surface area contributed by atoms with E-state index in [1.807, 2.05) is 0 Å². The first-order valence-electron chi connectivity index (χ1n) is 6.64. The highest BCUT2D eigenvalue weighted by Gasteiger charge is 2.51. The normalized spacial score (nSPS) is 44.8. The molecule has 0 radical (unpaired) electrons. The van der Waals surface area contributed by atoms with Gasteiger partial charge < -0.3 is 5.11 Å². The number of nitriles is 1. The zero-order valence-electron chi connectivity index (χ0n) is 10.4. The second-order valence-corrected chi connectivity index (χ2v) is 6.10. The van der Waals surface area contributed by atoms with Crippen molar-refractivity contribution in [2.45, 2.75) is 58.5 Å². The topological polar surface area (TPSA) is 44.0 Å². The van der Waals surface area contributed by atoms with Gasteiger partial charge in [0, 0.05) is 6.42 Å². The highest BCUT2D eigenvalue weighted by molar-refractivity contribution is 5.02. The lowest BCUT2D eigenvalue weighted by Crippen LogP contribution is -2.41. The SMILES string of the molecule is C[C@@H](CC#N)[C@@H]1CCC2[C@H](O)CCC[C@]21C. The summed E-state index contributed by atoms with van der Waals surface area (Å²) in [5, 5.41) is 18.9. The minimum Gasteiger partial charge on any atom is -0.393 e. The molecule has 2 rings (SSSR count). The van der Waals surface area contributed by atoms with E-state index in [0.717, 1.165) is 19.3 Å². The molecule has 2 nitrogen and oxygen atoms in total. The van der Waals surface area contributed by atoms with Crippen molar-refractivity contribution in [1.29, 1.82) is 5.26 Å². The minimum absolute atomic E-state index is 0.0852. The fraction of sp³-hybridized carbons (Fsp3) is 0.929. The summed E-state index contributed by atoms with van der Waals surface area (Å²) < 4.78 is 0. The predicted octanol–water partition coefficient (Wildman–Crippen LogP) is 3.11. The molecule has 0 aliphatic heterocycles. The van der Waals surface area contributed by atoms with Gasteiger partial charge in [-0.05, 0) is 48.9 Å². The zero-order valence-corrected chi connectivity index (χ0v) is 10.4. The molecular weight excluding hydrogens is 198 g/mol. The van der Waals surface area contributed by atoms with Gasteiger partial charge in [-0.25, -0.2) is 0 Å². The molecule has 0 aromatic carbocycles. The molecule has 16 heavy (non-hydrogen) atoms. The Morgan fingerprint density at radius 1 is 1.44 bits per heavy atom. The molecule has 0 bridgehead atoms. The van der Waals surface area contributed by atoms with Crippen molar-refractivity contribution >= 4 is 0 Å². The van der Waals surface area contributed by atoms with E-state index in [1.54, 1.807) is 0 Å². The molecule has 90 valence electrons. The summed E-state index contributed by atoms with van der Waals surface area (Å²) in [6.45, 7) is 4.56. The molecule has 0 spiro atoms. The van der Waals surface area contributed by atoms with E-state index in [0.29, 0.717) is 29.6 Å². The Bertz CT molecular complexity index is 296. The molecule has 2 aliphatic rings. The van der Waals surface area contributed by atoms with Crippen LogP contribution >= 0.6 is 0 Å². The Labute approximate surface area is 98.7 Å². The maximum Gasteiger partial charge on any atom is 0.0624 e. The lowest BCUT2D eigenvalue weighted by Gasteiger charge is -2.44. The average Bonchev–Trinajstić information content (AvgIpc) is 2.57. The van der Waals surface area contributed by atoms with E-state index in [1.165, 1.54) is 12.8 Å². The third-order valence-electron chi connectivity index (χ3n) is 5.26. The Morgan fingerprint density at radius 3 is 2.88 bits per heavy atom. The average molecular weight is 221 g/mol. The van der Waals surface area contributed by atoms with Crippen LogP contribution in [0.5, 0.6) is 0 Å². The van der Waals surface area contributed by atoms with Gasteiger partial charge in [0.1, 0.15) is 0 Å². The van der Waals surface area contributed by atoms with Gasteiger partial charge in [-0.15, -0.1) is 0 Å². The van der Waals surface area contributed by atoms with E-state index in [9.17, 15) is 5.11 Å². The lowest BCUT2D eigenvalue weighted by atomic mass is 9.61. The van der Waals surface area contributed by atoms with Crippen molar-refractivity contribution in [3.05, 3.63) is 0 Å². The molecule has 0 aromatic rings. The van der Waals surface area contributed by atoms with Gasteiger partial charge in [-0.3, -0.25) is 0 Å². The van der Waals surface area contributed by atoms with Gasteiger partial charge in [0.25, 0.3) is 0 Å². The summed E-state index contributed by atoms with van der Waals surface area (Å²) in [6, 6.07) is 2.31. The summed E-state index contributed by atoms with van der Waals surface area (Å²) >= 11 is 0. The maximum atomic E-state index is 10.1. The van der Waals surface area contributed by atoms with Gasteiger partial charge in [0.15, 0.2) is 0 Å². The molecule has 1 N–H and O–H groups in total. The van der Waals surface area contributed by atoms with Crippen LogP contribution < -0.4 is 0 Å². The van der Waals surface area contributed by atoms with Crippen molar-refractivity contribution in [1.82, 2.24) is 0 Å². The Balaban J connectivity index is 2.15. The minimum atomic E-state index is -0.0852. The molecular formula is C14H23NO. The van der Waals surface area contributed by atoms with Crippen LogP contribution in [-0.4, -0.2) is 11.2 Å². The van der Waals surface area contributed by atoms with Crippen molar-refractivity contribution in [3.8, 4) is 6.07 Å². The molecule has 2 fully saturated rings. The van der Waals surface area contributed by atoms with Crippen LogP contribution in [0.3, 0.4) is 0 Å². The number of fused-ring (bicyclic) bond motifs is 1. The monoisotopic (exact) mass is 221 g/mol. The fourth-order valence-electron chi connectivity index (χ4n) is 4.41. The number of aliphatic hydroxyl groups excluding tert-OH is 1. The number of hydrogen-bond donors (Lipinski definition) is 1. The third kappa shape index (κ3) is 1.76. The summed E-state index contributed by atoms with van der Waals surface area (Å²) in [4.78, 5) is 0. The van der Waals surface area contributed by atoms with Crippen LogP contribution in [0.4, 0.5) is 0 Å². The smallest absolute Gasteiger partial charge is 0.0624 e. The van der Waals surface area contributed by atoms with Gasteiger partial charge >= 0.3 is 0 Å². The number of hydrogen-bond acceptors (Lipinski definition) is 2.